The second-order valence-corrected chi connectivity index (χ2v) is 4.96. The second-order valence-electron chi connectivity index (χ2n) is 4.96. The first-order valence-electron chi connectivity index (χ1n) is 7.09. The van der Waals surface area contributed by atoms with Gasteiger partial charge in [-0.1, -0.05) is 64.0 Å². The maximum atomic E-state index is 3.54. The summed E-state index contributed by atoms with van der Waals surface area (Å²) in [5.41, 5.74) is 1.43. The zero-order chi connectivity index (χ0) is 12.2. The van der Waals surface area contributed by atoms with Crippen LogP contribution in [0.3, 0.4) is 0 Å². The highest BCUT2D eigenvalue weighted by Gasteiger charge is 2.02. The highest BCUT2D eigenvalue weighted by atomic mass is 14.9. The van der Waals surface area contributed by atoms with Crippen LogP contribution in [0.25, 0.3) is 0 Å². The molecule has 1 unspecified atom stereocenters. The molecule has 1 nitrogen and oxygen atoms in total. The van der Waals surface area contributed by atoms with Gasteiger partial charge in [-0.15, -0.1) is 0 Å². The topological polar surface area (TPSA) is 12.0 Å². The van der Waals surface area contributed by atoms with Gasteiger partial charge in [0.1, 0.15) is 0 Å². The summed E-state index contributed by atoms with van der Waals surface area (Å²) in [5, 5.41) is 3.54. The molecule has 0 bridgehead atoms. The molecule has 0 aromatic rings. The quantitative estimate of drug-likeness (QED) is 0.420. The van der Waals surface area contributed by atoms with Crippen LogP contribution in [0.4, 0.5) is 0 Å². The number of hydrogen-bond acceptors (Lipinski definition) is 1. The summed E-state index contributed by atoms with van der Waals surface area (Å²) in [7, 11) is 0. The van der Waals surface area contributed by atoms with Crippen LogP contribution >= 0.6 is 0 Å². The lowest BCUT2D eigenvalue weighted by molar-refractivity contribution is 0.517. The maximum absolute atomic E-state index is 3.54. The average Bonchev–Trinajstić information content (AvgIpc) is 2.22. The molecule has 0 heterocycles. The summed E-state index contributed by atoms with van der Waals surface area (Å²) >= 11 is 0. The first kappa shape index (κ1) is 15.7. The Morgan fingerprint density at radius 1 is 1.00 bits per heavy atom. The minimum absolute atomic E-state index is 0.598. The van der Waals surface area contributed by atoms with E-state index in [1.54, 1.807) is 0 Å². The van der Waals surface area contributed by atoms with Crippen molar-refractivity contribution in [1.82, 2.24) is 5.32 Å². The van der Waals surface area contributed by atoms with Crippen LogP contribution in [0.1, 0.15) is 72.6 Å². The molecule has 1 N–H and O–H groups in total. The lowest BCUT2D eigenvalue weighted by Gasteiger charge is -2.14. The van der Waals surface area contributed by atoms with E-state index in [1.165, 1.54) is 50.5 Å². The number of rotatable bonds is 10. The van der Waals surface area contributed by atoms with E-state index in [2.05, 4.69) is 39.1 Å². The third-order valence-electron chi connectivity index (χ3n) is 2.87. The van der Waals surface area contributed by atoms with Crippen LogP contribution in [0.15, 0.2) is 11.6 Å². The molecule has 0 spiro atoms. The van der Waals surface area contributed by atoms with Crippen LogP contribution < -0.4 is 5.32 Å². The van der Waals surface area contributed by atoms with Gasteiger partial charge in [-0.2, -0.15) is 0 Å². The Labute approximate surface area is 103 Å². The smallest absolute Gasteiger partial charge is 0.0252 e. The molecular weight excluding hydrogens is 194 g/mol. The number of nitrogens with one attached hydrogen (secondary N) is 1. The predicted octanol–water partition coefficient (Wildman–Crippen LogP) is 4.68. The largest absolute Gasteiger partial charge is 0.311 e. The molecule has 0 aliphatic carbocycles. The summed E-state index contributed by atoms with van der Waals surface area (Å²) < 4.78 is 0. The Balaban J connectivity index is 3.56. The predicted molar refractivity (Wildman–Crippen MR) is 74.9 cm³/mol. The van der Waals surface area contributed by atoms with Crippen LogP contribution in [0, 0.1) is 0 Å². The third kappa shape index (κ3) is 10.2. The molecule has 0 aromatic heterocycles. The van der Waals surface area contributed by atoms with Gasteiger partial charge in [-0.3, -0.25) is 0 Å². The van der Waals surface area contributed by atoms with E-state index in [1.807, 2.05) is 0 Å². The zero-order valence-electron chi connectivity index (χ0n) is 11.8. The van der Waals surface area contributed by atoms with E-state index >= 15 is 0 Å². The summed E-state index contributed by atoms with van der Waals surface area (Å²) in [6.07, 6.45) is 12.0. The lowest BCUT2D eigenvalue weighted by Crippen LogP contribution is -2.26. The molecule has 0 saturated carbocycles. The van der Waals surface area contributed by atoms with Gasteiger partial charge in [0.2, 0.25) is 0 Å². The van der Waals surface area contributed by atoms with Crippen molar-refractivity contribution >= 4 is 0 Å². The molecule has 96 valence electrons. The molecule has 0 amide bonds. The highest BCUT2D eigenvalue weighted by molar-refractivity contribution is 5.00. The minimum atomic E-state index is 0.598. The molecule has 0 radical (unpaired) electrons. The maximum Gasteiger partial charge on any atom is 0.0252 e. The molecule has 0 fully saturated rings. The first-order valence-corrected chi connectivity index (χ1v) is 7.09. The fourth-order valence-corrected chi connectivity index (χ4v) is 2.05. The Hall–Kier alpha value is -0.300. The Morgan fingerprint density at radius 3 is 2.19 bits per heavy atom. The van der Waals surface area contributed by atoms with Crippen molar-refractivity contribution in [3.05, 3.63) is 11.6 Å². The number of allylic oxidation sites excluding steroid dienone is 1. The molecule has 1 atom stereocenters. The van der Waals surface area contributed by atoms with Gasteiger partial charge in [0, 0.05) is 6.04 Å². The van der Waals surface area contributed by atoms with E-state index < -0.39 is 0 Å². The van der Waals surface area contributed by atoms with Crippen molar-refractivity contribution in [2.24, 2.45) is 0 Å². The van der Waals surface area contributed by atoms with Gasteiger partial charge in [0.25, 0.3) is 0 Å². The van der Waals surface area contributed by atoms with Crippen molar-refractivity contribution in [3.8, 4) is 0 Å². The van der Waals surface area contributed by atoms with E-state index in [0.29, 0.717) is 6.04 Å². The van der Waals surface area contributed by atoms with Gasteiger partial charge in [-0.05, 0) is 26.8 Å². The van der Waals surface area contributed by atoms with Crippen LogP contribution in [0.5, 0.6) is 0 Å². The standard InChI is InChI=1S/C15H31N/c1-5-7-8-9-10-11-12-15(16-6-2)13-14(3)4/h13,15-16H,5-12H2,1-4H3. The molecule has 0 saturated heterocycles. The van der Waals surface area contributed by atoms with Gasteiger partial charge in [-0.25, -0.2) is 0 Å². The van der Waals surface area contributed by atoms with Crippen molar-refractivity contribution in [3.63, 3.8) is 0 Å². The van der Waals surface area contributed by atoms with Crippen molar-refractivity contribution < 1.29 is 0 Å². The van der Waals surface area contributed by atoms with Gasteiger partial charge < -0.3 is 5.32 Å². The fourth-order valence-electron chi connectivity index (χ4n) is 2.05. The molecule has 16 heavy (non-hydrogen) atoms. The van der Waals surface area contributed by atoms with E-state index in [9.17, 15) is 0 Å². The van der Waals surface area contributed by atoms with E-state index in [0.717, 1.165) is 6.54 Å². The monoisotopic (exact) mass is 225 g/mol. The first-order chi connectivity index (χ1) is 7.70. The average molecular weight is 225 g/mol. The summed E-state index contributed by atoms with van der Waals surface area (Å²) in [5.74, 6) is 0. The van der Waals surface area contributed by atoms with Crippen LogP contribution in [-0.4, -0.2) is 12.6 Å². The second kappa shape index (κ2) is 11.2. The van der Waals surface area contributed by atoms with Gasteiger partial charge in [0.15, 0.2) is 0 Å². The normalized spacial score (nSPS) is 12.5. The highest BCUT2D eigenvalue weighted by Crippen LogP contribution is 2.10. The van der Waals surface area contributed by atoms with Crippen molar-refractivity contribution in [1.29, 1.82) is 0 Å². The lowest BCUT2D eigenvalue weighted by atomic mass is 10.0. The summed E-state index contributed by atoms with van der Waals surface area (Å²) in [6, 6.07) is 0.598. The number of likely N-dealkylation sites (N-methyl/N-ethyl adjacent to an activating group) is 1. The third-order valence-corrected chi connectivity index (χ3v) is 2.87. The van der Waals surface area contributed by atoms with E-state index in [-0.39, 0.29) is 0 Å². The van der Waals surface area contributed by atoms with Gasteiger partial charge >= 0.3 is 0 Å². The SMILES string of the molecule is CCCCCCCCC(C=C(C)C)NCC. The molecule has 0 aromatic carbocycles. The van der Waals surface area contributed by atoms with Crippen LogP contribution in [0.2, 0.25) is 0 Å². The Bertz CT molecular complexity index is 168. The van der Waals surface area contributed by atoms with Crippen molar-refractivity contribution in [2.75, 3.05) is 6.54 Å². The number of hydrogen-bond donors (Lipinski definition) is 1. The molecule has 0 aliphatic heterocycles. The zero-order valence-corrected chi connectivity index (χ0v) is 11.8. The molecule has 1 heteroatoms. The minimum Gasteiger partial charge on any atom is -0.311 e. The van der Waals surface area contributed by atoms with Crippen LogP contribution in [-0.2, 0) is 0 Å². The summed E-state index contributed by atoms with van der Waals surface area (Å²) in [4.78, 5) is 0. The molecular formula is C15H31N. The van der Waals surface area contributed by atoms with Gasteiger partial charge in [0.05, 0.1) is 0 Å². The molecule has 0 aliphatic rings. The Morgan fingerprint density at radius 2 is 1.62 bits per heavy atom. The number of unbranched alkanes of at least 4 members (excludes halogenated alkanes) is 5. The summed E-state index contributed by atoms with van der Waals surface area (Å²) in [6.45, 7) is 9.91. The Kier molecular flexibility index (Phi) is 11.0. The molecule has 0 rings (SSSR count). The fraction of sp³-hybridized carbons (Fsp3) is 0.867. The van der Waals surface area contributed by atoms with E-state index in [4.69, 9.17) is 0 Å². The van der Waals surface area contributed by atoms with Crippen molar-refractivity contribution in [2.45, 2.75) is 78.7 Å².